The number of carboxylic acid groups (broad SMARTS) is 1. The molecule has 3 unspecified atom stereocenters. The quantitative estimate of drug-likeness (QED) is 0.867. The maximum absolute atomic E-state index is 13.2. The molecule has 2 aliphatic carbocycles. The molecule has 0 heterocycles. The lowest BCUT2D eigenvalue weighted by Gasteiger charge is -2.38. The Morgan fingerprint density at radius 1 is 1.39 bits per heavy atom. The van der Waals surface area contributed by atoms with Crippen molar-refractivity contribution >= 4 is 5.97 Å². The molecule has 0 saturated heterocycles. The van der Waals surface area contributed by atoms with Crippen molar-refractivity contribution in [1.29, 1.82) is 0 Å². The van der Waals surface area contributed by atoms with Crippen LogP contribution in [0.1, 0.15) is 54.9 Å². The molecule has 1 N–H and O–H groups in total. The van der Waals surface area contributed by atoms with Crippen molar-refractivity contribution < 1.29 is 27.8 Å². The minimum atomic E-state index is -4.57. The summed E-state index contributed by atoms with van der Waals surface area (Å²) in [6, 6.07) is 2.78. The molecule has 0 aromatic heterocycles. The third-order valence-corrected chi connectivity index (χ3v) is 5.37. The first-order chi connectivity index (χ1) is 10.7. The molecule has 3 rings (SSSR count). The van der Waals surface area contributed by atoms with Crippen LogP contribution in [0.25, 0.3) is 0 Å². The van der Waals surface area contributed by atoms with Gasteiger partial charge in [0.1, 0.15) is 11.4 Å². The van der Waals surface area contributed by atoms with Crippen molar-refractivity contribution in [3.05, 3.63) is 29.3 Å². The predicted molar refractivity (Wildman–Crippen MR) is 77.5 cm³/mol. The maximum Gasteiger partial charge on any atom is 0.419 e. The second-order valence-electron chi connectivity index (χ2n) is 6.61. The van der Waals surface area contributed by atoms with Crippen LogP contribution in [0.15, 0.2) is 18.2 Å². The highest BCUT2D eigenvalue weighted by Crippen LogP contribution is 2.54. The van der Waals surface area contributed by atoms with Crippen LogP contribution in [0.2, 0.25) is 0 Å². The van der Waals surface area contributed by atoms with Crippen molar-refractivity contribution in [3.63, 3.8) is 0 Å². The van der Waals surface area contributed by atoms with Gasteiger partial charge < -0.3 is 9.84 Å². The summed E-state index contributed by atoms with van der Waals surface area (Å²) in [5.74, 6) is -0.849. The Morgan fingerprint density at radius 2 is 2.13 bits per heavy atom. The van der Waals surface area contributed by atoms with Crippen molar-refractivity contribution in [1.82, 2.24) is 0 Å². The molecule has 1 aromatic rings. The molecule has 2 fully saturated rings. The smallest absolute Gasteiger partial charge is 0.419 e. The summed E-state index contributed by atoms with van der Waals surface area (Å²) in [4.78, 5) is 11.1. The minimum absolute atomic E-state index is 0.192. The fourth-order valence-electron chi connectivity index (χ4n) is 4.22. The largest absolute Gasteiger partial charge is 0.486 e. The predicted octanol–water partition coefficient (Wildman–Crippen LogP) is 4.75. The van der Waals surface area contributed by atoms with Crippen LogP contribution in [0.3, 0.4) is 0 Å². The van der Waals surface area contributed by atoms with Crippen LogP contribution in [0.5, 0.6) is 5.75 Å². The van der Waals surface area contributed by atoms with Gasteiger partial charge in [0, 0.05) is 0 Å². The van der Waals surface area contributed by atoms with Crippen LogP contribution in [0.4, 0.5) is 13.2 Å². The molecule has 6 heteroatoms. The fraction of sp³-hybridized carbons (Fsp3) is 0.588. The molecule has 0 spiro atoms. The zero-order valence-electron chi connectivity index (χ0n) is 12.8. The summed E-state index contributed by atoms with van der Waals surface area (Å²) in [5, 5.41) is 9.05. The lowest BCUT2D eigenvalue weighted by Crippen LogP contribution is -2.41. The number of alkyl halides is 3. The van der Waals surface area contributed by atoms with Gasteiger partial charge >= 0.3 is 12.1 Å². The van der Waals surface area contributed by atoms with E-state index in [1.165, 1.54) is 0 Å². The average molecular weight is 328 g/mol. The van der Waals surface area contributed by atoms with Crippen molar-refractivity contribution in [3.8, 4) is 5.75 Å². The van der Waals surface area contributed by atoms with E-state index >= 15 is 0 Å². The minimum Gasteiger partial charge on any atom is -0.486 e. The van der Waals surface area contributed by atoms with Gasteiger partial charge in [-0.25, -0.2) is 4.79 Å². The monoisotopic (exact) mass is 328 g/mol. The molecule has 2 saturated carbocycles. The van der Waals surface area contributed by atoms with E-state index in [0.29, 0.717) is 12.3 Å². The second kappa shape index (κ2) is 5.42. The topological polar surface area (TPSA) is 46.5 Å². The summed E-state index contributed by atoms with van der Waals surface area (Å²) in [7, 11) is 0. The van der Waals surface area contributed by atoms with Gasteiger partial charge in [0.25, 0.3) is 0 Å². The molecule has 2 bridgehead atoms. The fourth-order valence-corrected chi connectivity index (χ4v) is 4.22. The van der Waals surface area contributed by atoms with Crippen LogP contribution < -0.4 is 4.74 Å². The lowest BCUT2D eigenvalue weighted by molar-refractivity contribution is -0.140. The normalized spacial score (nSPS) is 29.7. The van der Waals surface area contributed by atoms with E-state index in [-0.39, 0.29) is 17.2 Å². The summed E-state index contributed by atoms with van der Waals surface area (Å²) < 4.78 is 45.6. The van der Waals surface area contributed by atoms with Crippen molar-refractivity contribution in [2.45, 2.75) is 50.8 Å². The zero-order valence-corrected chi connectivity index (χ0v) is 12.8. The molecule has 3 atom stereocenters. The van der Waals surface area contributed by atoms with E-state index in [1.54, 1.807) is 0 Å². The van der Waals surface area contributed by atoms with Gasteiger partial charge in [-0.05, 0) is 62.1 Å². The zero-order chi connectivity index (χ0) is 16.8. The molecule has 126 valence electrons. The highest BCUT2D eigenvalue weighted by Gasteiger charge is 2.52. The summed E-state index contributed by atoms with van der Waals surface area (Å²) in [5.41, 5.74) is -1.69. The Labute approximate surface area is 132 Å². The number of rotatable bonds is 4. The van der Waals surface area contributed by atoms with Gasteiger partial charge in [0.2, 0.25) is 0 Å². The van der Waals surface area contributed by atoms with Gasteiger partial charge in [0.15, 0.2) is 0 Å². The molecular formula is C17H19F3O3. The van der Waals surface area contributed by atoms with E-state index in [2.05, 4.69) is 0 Å². The van der Waals surface area contributed by atoms with E-state index < -0.39 is 23.3 Å². The Morgan fingerprint density at radius 3 is 2.61 bits per heavy atom. The molecule has 0 radical (unpaired) electrons. The SMILES string of the molecule is CCC1(Oc2cc(C(=O)O)ccc2C(F)(F)F)CC2CCC1C2. The van der Waals surface area contributed by atoms with Gasteiger partial charge in [-0.15, -0.1) is 0 Å². The third kappa shape index (κ3) is 2.79. The third-order valence-electron chi connectivity index (χ3n) is 5.37. The number of carbonyl (C=O) groups is 1. The molecule has 23 heavy (non-hydrogen) atoms. The second-order valence-corrected chi connectivity index (χ2v) is 6.61. The number of benzene rings is 1. The van der Waals surface area contributed by atoms with E-state index in [0.717, 1.165) is 43.9 Å². The van der Waals surface area contributed by atoms with Crippen LogP contribution in [-0.4, -0.2) is 16.7 Å². The van der Waals surface area contributed by atoms with Crippen LogP contribution >= 0.6 is 0 Å². The molecule has 0 aliphatic heterocycles. The van der Waals surface area contributed by atoms with Crippen LogP contribution in [-0.2, 0) is 6.18 Å². The maximum atomic E-state index is 13.2. The summed E-state index contributed by atoms with van der Waals surface area (Å²) in [6.07, 6.45) is -0.117. The number of hydrogen-bond acceptors (Lipinski definition) is 2. The van der Waals surface area contributed by atoms with Crippen molar-refractivity contribution in [2.24, 2.45) is 11.8 Å². The molecule has 1 aromatic carbocycles. The highest BCUT2D eigenvalue weighted by molar-refractivity contribution is 5.88. The van der Waals surface area contributed by atoms with Gasteiger partial charge in [-0.2, -0.15) is 13.2 Å². The lowest BCUT2D eigenvalue weighted by atomic mass is 9.82. The number of aromatic carboxylic acids is 1. The molecular weight excluding hydrogens is 309 g/mol. The molecule has 2 aliphatic rings. The Kier molecular flexibility index (Phi) is 3.81. The first kappa shape index (κ1) is 16.1. The molecule has 3 nitrogen and oxygen atoms in total. The van der Waals surface area contributed by atoms with Crippen LogP contribution in [0, 0.1) is 11.8 Å². The Hall–Kier alpha value is -1.72. The molecule has 0 amide bonds. The highest BCUT2D eigenvalue weighted by atomic mass is 19.4. The first-order valence-electron chi connectivity index (χ1n) is 7.89. The van der Waals surface area contributed by atoms with Gasteiger partial charge in [-0.1, -0.05) is 6.92 Å². The number of hydrogen-bond donors (Lipinski definition) is 1. The number of carboxylic acids is 1. The van der Waals surface area contributed by atoms with E-state index in [4.69, 9.17) is 9.84 Å². The summed E-state index contributed by atoms with van der Waals surface area (Å²) in [6.45, 7) is 1.93. The van der Waals surface area contributed by atoms with E-state index in [1.807, 2.05) is 6.92 Å². The standard InChI is InChI=1S/C17H19F3O3/c1-2-16(9-10-3-5-12(16)7-10)23-14-8-11(15(21)22)4-6-13(14)17(18,19)20/h4,6,8,10,12H,2-3,5,7,9H2,1H3,(H,21,22). The van der Waals surface area contributed by atoms with E-state index in [9.17, 15) is 18.0 Å². The Bertz CT molecular complexity index is 626. The number of fused-ring (bicyclic) bond motifs is 2. The summed E-state index contributed by atoms with van der Waals surface area (Å²) >= 11 is 0. The van der Waals surface area contributed by atoms with Crippen molar-refractivity contribution in [2.75, 3.05) is 0 Å². The Balaban J connectivity index is 2.00. The average Bonchev–Trinajstić information content (AvgIpc) is 3.07. The van der Waals surface area contributed by atoms with Gasteiger partial charge in [0.05, 0.1) is 11.1 Å². The van der Waals surface area contributed by atoms with Gasteiger partial charge in [-0.3, -0.25) is 0 Å². The number of ether oxygens (including phenoxy) is 1. The number of halogens is 3. The first-order valence-corrected chi connectivity index (χ1v) is 7.89.